The van der Waals surface area contributed by atoms with Gasteiger partial charge in [0.1, 0.15) is 23.3 Å². The van der Waals surface area contributed by atoms with E-state index in [2.05, 4.69) is 0 Å². The summed E-state index contributed by atoms with van der Waals surface area (Å²) in [5, 5.41) is -0.930. The van der Waals surface area contributed by atoms with Crippen molar-refractivity contribution in [2.75, 3.05) is 6.67 Å². The molecule has 4 aromatic carbocycles. The number of fused-ring (bicyclic) bond motifs is 2. The van der Waals surface area contributed by atoms with Crippen LogP contribution in [0, 0.1) is 46.8 Å². The normalized spacial score (nSPS) is 17.6. The van der Waals surface area contributed by atoms with E-state index in [1.165, 1.54) is 12.0 Å². The van der Waals surface area contributed by atoms with Crippen molar-refractivity contribution in [3.8, 4) is 23.0 Å². The molecule has 0 radical (unpaired) electrons. The lowest BCUT2D eigenvalue weighted by Gasteiger charge is -2.29. The summed E-state index contributed by atoms with van der Waals surface area (Å²) in [5.41, 5.74) is -1.29. The van der Waals surface area contributed by atoms with Gasteiger partial charge in [-0.25, -0.2) is 22.0 Å². The van der Waals surface area contributed by atoms with Crippen LogP contribution in [0.15, 0.2) is 42.5 Å². The van der Waals surface area contributed by atoms with Gasteiger partial charge in [0, 0.05) is 11.3 Å². The zero-order chi connectivity index (χ0) is 29.5. The Morgan fingerprint density at radius 2 is 1.46 bits per heavy atom. The minimum Gasteiger partial charge on any atom is -0.251 e. The van der Waals surface area contributed by atoms with Gasteiger partial charge >= 0.3 is 6.18 Å². The number of benzene rings is 4. The van der Waals surface area contributed by atoms with Crippen LogP contribution in [-0.4, -0.2) is 12.9 Å². The Kier molecular flexibility index (Phi) is 7.95. The van der Waals surface area contributed by atoms with E-state index in [1.54, 1.807) is 12.1 Å². The van der Waals surface area contributed by atoms with Crippen molar-refractivity contribution in [1.29, 1.82) is 0 Å². The van der Waals surface area contributed by atoms with E-state index in [9.17, 15) is 26.3 Å². The highest BCUT2D eigenvalue weighted by Gasteiger charge is 2.26. The summed E-state index contributed by atoms with van der Waals surface area (Å²) < 4.78 is 125. The Labute approximate surface area is 230 Å². The highest BCUT2D eigenvalue weighted by molar-refractivity contribution is 5.93. The molecule has 0 heterocycles. The fraction of sp³-hybridized carbons (Fsp3) is 0.312. The van der Waals surface area contributed by atoms with Crippen molar-refractivity contribution in [2.45, 2.75) is 50.6 Å². The van der Waals surface area contributed by atoms with E-state index >= 15 is 13.2 Å². The van der Waals surface area contributed by atoms with Crippen molar-refractivity contribution in [1.82, 2.24) is 0 Å². The number of halogens is 9. The third-order valence-corrected chi connectivity index (χ3v) is 7.82. The second-order valence-corrected chi connectivity index (χ2v) is 10.4. The average Bonchev–Trinajstić information content (AvgIpc) is 2.90. The summed E-state index contributed by atoms with van der Waals surface area (Å²) >= 11 is 0. The summed E-state index contributed by atoms with van der Waals surface area (Å²) in [5.74, 6) is -3.72. The monoisotopic (exact) mass is 578 g/mol. The number of hydrogen-bond acceptors (Lipinski definition) is 0. The van der Waals surface area contributed by atoms with Gasteiger partial charge in [-0.1, -0.05) is 24.1 Å². The van der Waals surface area contributed by atoms with E-state index in [0.29, 0.717) is 29.9 Å². The van der Waals surface area contributed by atoms with Gasteiger partial charge in [-0.15, -0.1) is 0 Å². The van der Waals surface area contributed by atoms with Crippen LogP contribution in [0.4, 0.5) is 39.5 Å². The van der Waals surface area contributed by atoms with Crippen LogP contribution in [0.25, 0.3) is 32.7 Å². The van der Waals surface area contributed by atoms with Crippen LogP contribution in [0.5, 0.6) is 0 Å². The maximum absolute atomic E-state index is 15.7. The first-order valence-corrected chi connectivity index (χ1v) is 13.2. The Balaban J connectivity index is 1.51. The molecule has 41 heavy (non-hydrogen) atoms. The lowest BCUT2D eigenvalue weighted by molar-refractivity contribution is -0.0696. The fourth-order valence-corrected chi connectivity index (χ4v) is 5.82. The topological polar surface area (TPSA) is 0 Å². The molecule has 1 aliphatic carbocycles. The molecule has 0 N–H and O–H groups in total. The van der Waals surface area contributed by atoms with Crippen molar-refractivity contribution in [3.05, 3.63) is 82.7 Å². The van der Waals surface area contributed by atoms with Gasteiger partial charge in [0.2, 0.25) is 0 Å². The van der Waals surface area contributed by atoms with E-state index in [-0.39, 0.29) is 23.5 Å². The maximum atomic E-state index is 15.7. The van der Waals surface area contributed by atoms with Crippen LogP contribution in [0.2, 0.25) is 0 Å². The van der Waals surface area contributed by atoms with Crippen molar-refractivity contribution < 1.29 is 39.5 Å². The molecular weight excluding hydrogens is 555 g/mol. The second-order valence-electron chi connectivity index (χ2n) is 10.4. The first-order chi connectivity index (χ1) is 19.5. The lowest BCUT2D eigenvalue weighted by atomic mass is 9.77. The molecule has 0 bridgehead atoms. The molecule has 4 aromatic rings. The fourth-order valence-electron chi connectivity index (χ4n) is 5.82. The number of hydrogen-bond donors (Lipinski definition) is 0. The van der Waals surface area contributed by atoms with Gasteiger partial charge in [-0.05, 0) is 96.5 Å². The Morgan fingerprint density at radius 3 is 2.15 bits per heavy atom. The summed E-state index contributed by atoms with van der Waals surface area (Å²) in [7, 11) is 0. The first kappa shape index (κ1) is 28.8. The minimum atomic E-state index is -5.03. The van der Waals surface area contributed by atoms with Gasteiger partial charge in [0.15, 0.2) is 5.82 Å². The molecule has 5 rings (SSSR count). The highest BCUT2D eigenvalue weighted by atomic mass is 19.4. The van der Waals surface area contributed by atoms with E-state index in [1.807, 2.05) is 0 Å². The molecule has 1 aliphatic rings. The Hall–Kier alpha value is -3.67. The largest absolute Gasteiger partial charge is 0.458 e. The smallest absolute Gasteiger partial charge is 0.251 e. The standard InChI is InChI=1S/C32H23F9/c33-11-1-2-17-3-5-18(6-4-17)19-7-8-23-20(12-19)14-26(35)28(30(23)37)22-13-21-15-25(34)24(9-10-32(39,40)41)31(38)29(21)27(36)16-22/h7-8,12-18H,1-6,11H2. The molecule has 0 aromatic heterocycles. The molecule has 1 fully saturated rings. The molecule has 1 saturated carbocycles. The predicted molar refractivity (Wildman–Crippen MR) is 140 cm³/mol. The molecule has 0 amide bonds. The molecule has 9 heteroatoms. The molecule has 214 valence electrons. The second kappa shape index (κ2) is 11.3. The van der Waals surface area contributed by atoms with Gasteiger partial charge in [0.25, 0.3) is 0 Å². The number of rotatable bonds is 5. The van der Waals surface area contributed by atoms with Crippen LogP contribution >= 0.6 is 0 Å². The van der Waals surface area contributed by atoms with Crippen molar-refractivity contribution in [2.24, 2.45) is 5.92 Å². The molecule has 0 nitrogen and oxygen atoms in total. The third kappa shape index (κ3) is 5.88. The number of alkyl halides is 4. The van der Waals surface area contributed by atoms with Gasteiger partial charge in [0.05, 0.1) is 23.2 Å². The molecule has 0 atom stereocenters. The van der Waals surface area contributed by atoms with Gasteiger partial charge in [-0.2, -0.15) is 13.2 Å². The van der Waals surface area contributed by atoms with Crippen LogP contribution in [0.1, 0.15) is 55.6 Å². The zero-order valence-electron chi connectivity index (χ0n) is 21.5. The quantitative estimate of drug-likeness (QED) is 0.163. The molecule has 0 aliphatic heterocycles. The summed E-state index contributed by atoms with van der Waals surface area (Å²) in [6.07, 6.45) is 0.0529. The maximum Gasteiger partial charge on any atom is 0.458 e. The van der Waals surface area contributed by atoms with Crippen LogP contribution in [0.3, 0.4) is 0 Å². The van der Waals surface area contributed by atoms with Crippen LogP contribution < -0.4 is 0 Å². The molecule has 0 spiro atoms. The minimum absolute atomic E-state index is 0.0671. The molecule has 0 saturated heterocycles. The summed E-state index contributed by atoms with van der Waals surface area (Å²) in [6, 6.07) is 8.29. The highest BCUT2D eigenvalue weighted by Crippen LogP contribution is 2.40. The van der Waals surface area contributed by atoms with Crippen LogP contribution in [-0.2, 0) is 0 Å². The SMILES string of the molecule is FCCCC1CCC(c2ccc3c(F)c(-c4cc(F)c5c(F)c(C#CC(F)(F)F)c(F)cc5c4)c(F)cc3c2)CC1. The molecule has 0 unspecified atom stereocenters. The zero-order valence-corrected chi connectivity index (χ0v) is 21.5. The van der Waals surface area contributed by atoms with Crippen molar-refractivity contribution >= 4 is 21.5 Å². The summed E-state index contributed by atoms with van der Waals surface area (Å²) in [6.45, 7) is -0.329. The average molecular weight is 579 g/mol. The molecular formula is C32H23F9. The van der Waals surface area contributed by atoms with Crippen molar-refractivity contribution in [3.63, 3.8) is 0 Å². The predicted octanol–water partition coefficient (Wildman–Crippen LogP) is 10.3. The van der Waals surface area contributed by atoms with E-state index < -0.39 is 57.2 Å². The van der Waals surface area contributed by atoms with Gasteiger partial charge in [-0.3, -0.25) is 4.39 Å². The lowest BCUT2D eigenvalue weighted by Crippen LogP contribution is -2.13. The third-order valence-electron chi connectivity index (χ3n) is 7.82. The van der Waals surface area contributed by atoms with Gasteiger partial charge < -0.3 is 0 Å². The van der Waals surface area contributed by atoms with E-state index in [0.717, 1.165) is 55.7 Å². The first-order valence-electron chi connectivity index (χ1n) is 13.2. The van der Waals surface area contributed by atoms with E-state index in [4.69, 9.17) is 0 Å². The Bertz CT molecular complexity index is 1680. The Morgan fingerprint density at radius 1 is 0.756 bits per heavy atom. The summed E-state index contributed by atoms with van der Waals surface area (Å²) in [4.78, 5) is 0.